The molecule has 1 N–H and O–H groups in total. The Kier molecular flexibility index (Phi) is 3.86. The zero-order chi connectivity index (χ0) is 7.94. The molecular weight excluding hydrogens is 156 g/mol. The van der Waals surface area contributed by atoms with Gasteiger partial charge in [0.2, 0.25) is 0 Å². The Morgan fingerprint density at radius 1 is 1.73 bits per heavy atom. The SMILES string of the molecule is C/C=C/CNCc1cscn1. The van der Waals surface area contributed by atoms with Crippen LogP contribution in [0.3, 0.4) is 0 Å². The molecule has 2 nitrogen and oxygen atoms in total. The summed E-state index contributed by atoms with van der Waals surface area (Å²) in [6, 6.07) is 0. The topological polar surface area (TPSA) is 24.9 Å². The molecule has 0 aliphatic heterocycles. The van der Waals surface area contributed by atoms with Crippen LogP contribution < -0.4 is 5.32 Å². The Bertz CT molecular complexity index is 204. The second-order valence-corrected chi connectivity index (χ2v) is 2.90. The Morgan fingerprint density at radius 2 is 2.64 bits per heavy atom. The van der Waals surface area contributed by atoms with Gasteiger partial charge in [-0.2, -0.15) is 0 Å². The first-order valence-corrected chi connectivity index (χ1v) is 4.56. The Morgan fingerprint density at radius 3 is 3.27 bits per heavy atom. The Hall–Kier alpha value is -0.670. The summed E-state index contributed by atoms with van der Waals surface area (Å²) >= 11 is 1.63. The molecule has 1 aromatic heterocycles. The lowest BCUT2D eigenvalue weighted by Gasteiger charge is -1.95. The van der Waals surface area contributed by atoms with E-state index in [1.165, 1.54) is 0 Å². The van der Waals surface area contributed by atoms with Crippen molar-refractivity contribution in [2.24, 2.45) is 0 Å². The van der Waals surface area contributed by atoms with Crippen molar-refractivity contribution in [3.63, 3.8) is 0 Å². The molecule has 11 heavy (non-hydrogen) atoms. The van der Waals surface area contributed by atoms with Gasteiger partial charge in [0, 0.05) is 18.5 Å². The molecule has 0 aliphatic rings. The molecule has 0 bridgehead atoms. The van der Waals surface area contributed by atoms with Crippen LogP contribution in [0.5, 0.6) is 0 Å². The Labute approximate surface area is 71.0 Å². The number of nitrogens with one attached hydrogen (secondary N) is 1. The zero-order valence-electron chi connectivity index (χ0n) is 6.58. The molecular formula is C8H12N2S. The first kappa shape index (κ1) is 8.43. The van der Waals surface area contributed by atoms with Gasteiger partial charge in [0.25, 0.3) is 0 Å². The predicted molar refractivity (Wildman–Crippen MR) is 48.6 cm³/mol. The van der Waals surface area contributed by atoms with E-state index in [-0.39, 0.29) is 0 Å². The second-order valence-electron chi connectivity index (χ2n) is 2.18. The normalized spacial score (nSPS) is 11.0. The largest absolute Gasteiger partial charge is 0.308 e. The van der Waals surface area contributed by atoms with E-state index in [9.17, 15) is 0 Å². The molecule has 0 spiro atoms. The summed E-state index contributed by atoms with van der Waals surface area (Å²) < 4.78 is 0. The molecule has 0 aliphatic carbocycles. The minimum atomic E-state index is 0.869. The zero-order valence-corrected chi connectivity index (χ0v) is 7.40. The number of hydrogen-bond acceptors (Lipinski definition) is 3. The molecule has 0 amide bonds. The van der Waals surface area contributed by atoms with Crippen LogP contribution in [0.2, 0.25) is 0 Å². The van der Waals surface area contributed by atoms with E-state index in [2.05, 4.69) is 21.8 Å². The molecule has 60 valence electrons. The number of aromatic nitrogens is 1. The lowest BCUT2D eigenvalue weighted by molar-refractivity contribution is 0.744. The van der Waals surface area contributed by atoms with Gasteiger partial charge in [-0.1, -0.05) is 12.2 Å². The van der Waals surface area contributed by atoms with E-state index in [4.69, 9.17) is 0 Å². The summed E-state index contributed by atoms with van der Waals surface area (Å²) in [5.74, 6) is 0. The summed E-state index contributed by atoms with van der Waals surface area (Å²) in [5, 5.41) is 5.30. The van der Waals surface area contributed by atoms with Crippen LogP contribution in [0.15, 0.2) is 23.0 Å². The molecule has 1 heterocycles. The molecule has 1 rings (SSSR count). The highest BCUT2D eigenvalue weighted by Crippen LogP contribution is 1.99. The van der Waals surface area contributed by atoms with Crippen LogP contribution in [0.25, 0.3) is 0 Å². The third-order valence-electron chi connectivity index (χ3n) is 1.29. The van der Waals surface area contributed by atoms with E-state index < -0.39 is 0 Å². The third-order valence-corrected chi connectivity index (χ3v) is 1.92. The van der Waals surface area contributed by atoms with Gasteiger partial charge < -0.3 is 5.32 Å². The summed E-state index contributed by atoms with van der Waals surface area (Å²) in [6.45, 7) is 3.81. The molecule has 0 aromatic carbocycles. The van der Waals surface area contributed by atoms with Crippen LogP contribution in [0, 0.1) is 0 Å². The van der Waals surface area contributed by atoms with Crippen molar-refractivity contribution in [2.45, 2.75) is 13.5 Å². The van der Waals surface area contributed by atoms with E-state index in [1.54, 1.807) is 11.3 Å². The van der Waals surface area contributed by atoms with E-state index in [1.807, 2.05) is 18.5 Å². The van der Waals surface area contributed by atoms with Crippen molar-refractivity contribution in [2.75, 3.05) is 6.54 Å². The third kappa shape index (κ3) is 3.30. The summed E-state index contributed by atoms with van der Waals surface area (Å²) in [6.07, 6.45) is 4.13. The average molecular weight is 168 g/mol. The van der Waals surface area contributed by atoms with Gasteiger partial charge in [-0.15, -0.1) is 11.3 Å². The fourth-order valence-corrected chi connectivity index (χ4v) is 1.28. The first-order chi connectivity index (χ1) is 5.43. The number of nitrogens with zero attached hydrogens (tertiary/aromatic N) is 1. The van der Waals surface area contributed by atoms with Crippen LogP contribution >= 0.6 is 11.3 Å². The molecule has 3 heteroatoms. The molecule has 1 aromatic rings. The molecule has 0 unspecified atom stereocenters. The van der Waals surface area contributed by atoms with Gasteiger partial charge in [-0.3, -0.25) is 0 Å². The molecule has 0 fully saturated rings. The van der Waals surface area contributed by atoms with Crippen molar-refractivity contribution in [1.82, 2.24) is 10.3 Å². The monoisotopic (exact) mass is 168 g/mol. The number of rotatable bonds is 4. The van der Waals surface area contributed by atoms with Crippen molar-refractivity contribution in [3.8, 4) is 0 Å². The fraction of sp³-hybridized carbons (Fsp3) is 0.375. The molecule has 0 saturated heterocycles. The van der Waals surface area contributed by atoms with Gasteiger partial charge in [-0.05, 0) is 6.92 Å². The predicted octanol–water partition coefficient (Wildman–Crippen LogP) is 1.81. The highest BCUT2D eigenvalue weighted by atomic mass is 32.1. The van der Waals surface area contributed by atoms with Crippen LogP contribution in [0.4, 0.5) is 0 Å². The highest BCUT2D eigenvalue weighted by Gasteiger charge is 1.90. The standard InChI is InChI=1S/C8H12N2S/c1-2-3-4-9-5-8-6-11-7-10-8/h2-3,6-7,9H,4-5H2,1H3/b3-2+. The quantitative estimate of drug-likeness (QED) is 0.548. The maximum atomic E-state index is 4.15. The lowest BCUT2D eigenvalue weighted by Crippen LogP contribution is -2.12. The fourth-order valence-electron chi connectivity index (χ4n) is 0.726. The van der Waals surface area contributed by atoms with Gasteiger partial charge >= 0.3 is 0 Å². The van der Waals surface area contributed by atoms with E-state index in [0.717, 1.165) is 18.8 Å². The van der Waals surface area contributed by atoms with Crippen molar-refractivity contribution >= 4 is 11.3 Å². The van der Waals surface area contributed by atoms with E-state index in [0.29, 0.717) is 0 Å². The van der Waals surface area contributed by atoms with Crippen LogP contribution in [-0.2, 0) is 6.54 Å². The minimum absolute atomic E-state index is 0.869. The van der Waals surface area contributed by atoms with Crippen molar-refractivity contribution in [1.29, 1.82) is 0 Å². The maximum absolute atomic E-state index is 4.15. The molecule has 0 radical (unpaired) electrons. The molecule has 0 atom stereocenters. The molecule has 0 saturated carbocycles. The average Bonchev–Trinajstić information content (AvgIpc) is 2.50. The van der Waals surface area contributed by atoms with Crippen LogP contribution in [0.1, 0.15) is 12.6 Å². The number of thiazole rings is 1. The van der Waals surface area contributed by atoms with Crippen LogP contribution in [-0.4, -0.2) is 11.5 Å². The minimum Gasteiger partial charge on any atom is -0.308 e. The lowest BCUT2D eigenvalue weighted by atomic mass is 10.4. The van der Waals surface area contributed by atoms with Crippen molar-refractivity contribution < 1.29 is 0 Å². The summed E-state index contributed by atoms with van der Waals surface area (Å²) in [5.41, 5.74) is 2.98. The summed E-state index contributed by atoms with van der Waals surface area (Å²) in [7, 11) is 0. The Balaban J connectivity index is 2.14. The maximum Gasteiger partial charge on any atom is 0.0795 e. The van der Waals surface area contributed by atoms with Crippen molar-refractivity contribution in [3.05, 3.63) is 28.7 Å². The summed E-state index contributed by atoms with van der Waals surface area (Å²) in [4.78, 5) is 4.15. The second kappa shape index (κ2) is 5.04. The highest BCUT2D eigenvalue weighted by molar-refractivity contribution is 7.07. The number of allylic oxidation sites excluding steroid dienone is 1. The van der Waals surface area contributed by atoms with Gasteiger partial charge in [-0.25, -0.2) is 4.98 Å². The van der Waals surface area contributed by atoms with E-state index >= 15 is 0 Å². The first-order valence-electron chi connectivity index (χ1n) is 3.62. The van der Waals surface area contributed by atoms with Gasteiger partial charge in [0.15, 0.2) is 0 Å². The van der Waals surface area contributed by atoms with Gasteiger partial charge in [0.05, 0.1) is 11.2 Å². The number of hydrogen-bond donors (Lipinski definition) is 1. The smallest absolute Gasteiger partial charge is 0.0795 e. The van der Waals surface area contributed by atoms with Gasteiger partial charge in [0.1, 0.15) is 0 Å².